The lowest BCUT2D eigenvalue weighted by Crippen LogP contribution is -1.98. The molecule has 0 bridgehead atoms. The van der Waals surface area contributed by atoms with Crippen molar-refractivity contribution in [1.29, 1.82) is 0 Å². The molecule has 1 fully saturated rings. The number of hydrogen-bond donors (Lipinski definition) is 0. The molecule has 1 aromatic heterocycles. The molecule has 86 valence electrons. The Balaban J connectivity index is 1.70. The Bertz CT molecular complexity index is 474. The third-order valence-electron chi connectivity index (χ3n) is 3.00. The lowest BCUT2D eigenvalue weighted by Gasteiger charge is -2.06. The highest BCUT2D eigenvalue weighted by Gasteiger charge is 2.21. The summed E-state index contributed by atoms with van der Waals surface area (Å²) in [6, 6.07) is 14.1. The number of pyridine rings is 1. The summed E-state index contributed by atoms with van der Waals surface area (Å²) in [7, 11) is 0. The van der Waals surface area contributed by atoms with Crippen molar-refractivity contribution in [3.8, 4) is 17.0 Å². The molecule has 0 N–H and O–H groups in total. The molecule has 1 aliphatic carbocycles. The summed E-state index contributed by atoms with van der Waals surface area (Å²) in [6.07, 6.45) is 4.46. The smallest absolute Gasteiger partial charge is 0.119 e. The summed E-state index contributed by atoms with van der Waals surface area (Å²) in [6.45, 7) is 0.864. The Morgan fingerprint density at radius 2 is 1.88 bits per heavy atom. The molecular weight excluding hydrogens is 210 g/mol. The number of aromatic nitrogens is 1. The summed E-state index contributed by atoms with van der Waals surface area (Å²) in [5, 5.41) is 0. The molecule has 0 atom stereocenters. The van der Waals surface area contributed by atoms with Crippen LogP contribution in [0.25, 0.3) is 11.3 Å². The van der Waals surface area contributed by atoms with Gasteiger partial charge in [0.2, 0.25) is 0 Å². The van der Waals surface area contributed by atoms with Crippen LogP contribution in [-0.2, 0) is 0 Å². The van der Waals surface area contributed by atoms with Gasteiger partial charge in [-0.25, -0.2) is 0 Å². The van der Waals surface area contributed by atoms with Crippen LogP contribution in [0.15, 0.2) is 48.7 Å². The maximum absolute atomic E-state index is 5.70. The first-order chi connectivity index (χ1) is 8.42. The van der Waals surface area contributed by atoms with Gasteiger partial charge in [-0.05, 0) is 55.2 Å². The van der Waals surface area contributed by atoms with Crippen LogP contribution in [0.5, 0.6) is 5.75 Å². The summed E-state index contributed by atoms with van der Waals surface area (Å²) in [4.78, 5) is 4.32. The first-order valence-electron chi connectivity index (χ1n) is 6.06. The van der Waals surface area contributed by atoms with Gasteiger partial charge in [0.05, 0.1) is 12.3 Å². The third-order valence-corrected chi connectivity index (χ3v) is 3.00. The lowest BCUT2D eigenvalue weighted by atomic mass is 10.1. The first kappa shape index (κ1) is 10.3. The van der Waals surface area contributed by atoms with Crippen LogP contribution in [0.3, 0.4) is 0 Å². The highest BCUT2D eigenvalue weighted by atomic mass is 16.5. The molecule has 2 nitrogen and oxygen atoms in total. The SMILES string of the molecule is c1ccc(-c2ccc(OCC3CC3)cc2)nc1. The second kappa shape index (κ2) is 4.58. The van der Waals surface area contributed by atoms with Crippen LogP contribution in [0.2, 0.25) is 0 Å². The molecule has 0 radical (unpaired) electrons. The maximum atomic E-state index is 5.70. The van der Waals surface area contributed by atoms with Gasteiger partial charge in [-0.1, -0.05) is 6.07 Å². The zero-order valence-corrected chi connectivity index (χ0v) is 9.67. The Morgan fingerprint density at radius 1 is 1.06 bits per heavy atom. The quantitative estimate of drug-likeness (QED) is 0.794. The maximum Gasteiger partial charge on any atom is 0.119 e. The second-order valence-electron chi connectivity index (χ2n) is 4.49. The van der Waals surface area contributed by atoms with Crippen LogP contribution in [-0.4, -0.2) is 11.6 Å². The molecule has 1 heterocycles. The Kier molecular flexibility index (Phi) is 2.78. The lowest BCUT2D eigenvalue weighted by molar-refractivity contribution is 0.300. The van der Waals surface area contributed by atoms with Crippen LogP contribution < -0.4 is 4.74 Å². The molecule has 1 aliphatic rings. The summed E-state index contributed by atoms with van der Waals surface area (Å²) in [5.41, 5.74) is 2.13. The van der Waals surface area contributed by atoms with E-state index >= 15 is 0 Å². The summed E-state index contributed by atoms with van der Waals surface area (Å²) in [5.74, 6) is 1.75. The van der Waals surface area contributed by atoms with Gasteiger partial charge < -0.3 is 4.74 Å². The van der Waals surface area contributed by atoms with E-state index in [4.69, 9.17) is 4.74 Å². The Labute approximate surface area is 101 Å². The fourth-order valence-corrected chi connectivity index (χ4v) is 1.75. The predicted octanol–water partition coefficient (Wildman–Crippen LogP) is 3.54. The Morgan fingerprint density at radius 3 is 2.53 bits per heavy atom. The van der Waals surface area contributed by atoms with E-state index in [1.807, 2.05) is 36.5 Å². The molecular formula is C15H15NO. The molecule has 2 aromatic rings. The van der Waals surface area contributed by atoms with E-state index in [1.54, 1.807) is 0 Å². The molecule has 3 rings (SSSR count). The van der Waals surface area contributed by atoms with Crippen LogP contribution >= 0.6 is 0 Å². The zero-order chi connectivity index (χ0) is 11.5. The van der Waals surface area contributed by atoms with E-state index < -0.39 is 0 Å². The Hall–Kier alpha value is -1.83. The normalized spacial score (nSPS) is 14.6. The summed E-state index contributed by atoms with van der Waals surface area (Å²) < 4.78 is 5.70. The average molecular weight is 225 g/mol. The largest absolute Gasteiger partial charge is 0.493 e. The van der Waals surface area contributed by atoms with Gasteiger partial charge in [-0.2, -0.15) is 0 Å². The van der Waals surface area contributed by atoms with E-state index in [9.17, 15) is 0 Å². The third kappa shape index (κ3) is 2.64. The molecule has 0 unspecified atom stereocenters. The minimum Gasteiger partial charge on any atom is -0.493 e. The van der Waals surface area contributed by atoms with E-state index in [0.717, 1.165) is 29.5 Å². The molecule has 0 amide bonds. The first-order valence-corrected chi connectivity index (χ1v) is 6.06. The fourth-order valence-electron chi connectivity index (χ4n) is 1.75. The van der Waals surface area contributed by atoms with Crippen LogP contribution in [0.1, 0.15) is 12.8 Å². The van der Waals surface area contributed by atoms with Gasteiger partial charge in [0.25, 0.3) is 0 Å². The monoisotopic (exact) mass is 225 g/mol. The average Bonchev–Trinajstić information content (AvgIpc) is 3.22. The minimum atomic E-state index is 0.797. The van der Waals surface area contributed by atoms with E-state index in [-0.39, 0.29) is 0 Å². The molecule has 1 saturated carbocycles. The molecule has 0 aliphatic heterocycles. The van der Waals surface area contributed by atoms with Crippen molar-refractivity contribution in [3.63, 3.8) is 0 Å². The standard InChI is InChI=1S/C15H15NO/c1-2-10-16-15(3-1)13-6-8-14(9-7-13)17-11-12-4-5-12/h1-3,6-10,12H,4-5,11H2. The molecule has 2 heteroatoms. The minimum absolute atomic E-state index is 0.797. The number of ether oxygens (including phenoxy) is 1. The van der Waals surface area contributed by atoms with Crippen molar-refractivity contribution in [2.45, 2.75) is 12.8 Å². The predicted molar refractivity (Wildman–Crippen MR) is 67.9 cm³/mol. The number of benzene rings is 1. The second-order valence-corrected chi connectivity index (χ2v) is 4.49. The number of nitrogens with zero attached hydrogens (tertiary/aromatic N) is 1. The van der Waals surface area contributed by atoms with Gasteiger partial charge >= 0.3 is 0 Å². The topological polar surface area (TPSA) is 22.1 Å². The van der Waals surface area contributed by atoms with Gasteiger partial charge in [0.1, 0.15) is 5.75 Å². The van der Waals surface area contributed by atoms with Crippen molar-refractivity contribution < 1.29 is 4.74 Å². The fraction of sp³-hybridized carbons (Fsp3) is 0.267. The van der Waals surface area contributed by atoms with Gasteiger partial charge in [-0.3, -0.25) is 4.98 Å². The van der Waals surface area contributed by atoms with Crippen molar-refractivity contribution in [3.05, 3.63) is 48.7 Å². The number of hydrogen-bond acceptors (Lipinski definition) is 2. The highest BCUT2D eigenvalue weighted by molar-refractivity contribution is 5.59. The summed E-state index contributed by atoms with van der Waals surface area (Å²) >= 11 is 0. The van der Waals surface area contributed by atoms with Crippen LogP contribution in [0, 0.1) is 5.92 Å². The molecule has 0 spiro atoms. The van der Waals surface area contributed by atoms with E-state index in [1.165, 1.54) is 12.8 Å². The highest BCUT2D eigenvalue weighted by Crippen LogP contribution is 2.29. The van der Waals surface area contributed by atoms with Crippen LogP contribution in [0.4, 0.5) is 0 Å². The van der Waals surface area contributed by atoms with Gasteiger partial charge in [-0.15, -0.1) is 0 Å². The van der Waals surface area contributed by atoms with E-state index in [0.29, 0.717) is 0 Å². The molecule has 17 heavy (non-hydrogen) atoms. The van der Waals surface area contributed by atoms with Crippen molar-refractivity contribution in [2.75, 3.05) is 6.61 Å². The van der Waals surface area contributed by atoms with Crippen molar-refractivity contribution >= 4 is 0 Å². The molecule has 1 aromatic carbocycles. The van der Waals surface area contributed by atoms with Crippen molar-refractivity contribution in [1.82, 2.24) is 4.98 Å². The van der Waals surface area contributed by atoms with Gasteiger partial charge in [0.15, 0.2) is 0 Å². The van der Waals surface area contributed by atoms with Gasteiger partial charge in [0, 0.05) is 11.8 Å². The number of rotatable bonds is 4. The molecule has 0 saturated heterocycles. The van der Waals surface area contributed by atoms with E-state index in [2.05, 4.69) is 17.1 Å². The zero-order valence-electron chi connectivity index (χ0n) is 9.67. The van der Waals surface area contributed by atoms with Crippen molar-refractivity contribution in [2.24, 2.45) is 5.92 Å².